The molecule has 0 fully saturated rings. The zero-order chi connectivity index (χ0) is 18.6. The Morgan fingerprint density at radius 3 is 2.24 bits per heavy atom. The van der Waals surface area contributed by atoms with Crippen LogP contribution in [0.15, 0.2) is 46.9 Å². The molecule has 0 bridgehead atoms. The van der Waals surface area contributed by atoms with Crippen LogP contribution in [0.1, 0.15) is 5.56 Å². The molecular formula is C16H7Cl3N2O3S. The quantitative estimate of drug-likeness (QED) is 0.406. The molecule has 0 unspecified atom stereocenters. The van der Waals surface area contributed by atoms with E-state index in [1.807, 2.05) is 0 Å². The average Bonchev–Trinajstić information content (AvgIpc) is 2.57. The van der Waals surface area contributed by atoms with Gasteiger partial charge in [-0.15, -0.1) is 0 Å². The van der Waals surface area contributed by atoms with Crippen LogP contribution in [0, 0.1) is 22.7 Å². The first-order valence-corrected chi connectivity index (χ1v) is 9.02. The summed E-state index contributed by atoms with van der Waals surface area (Å²) in [6.07, 6.45) is 1.21. The molecule has 2 rings (SSSR count). The topological polar surface area (TPSA) is 90.9 Å². The summed E-state index contributed by atoms with van der Waals surface area (Å²) in [6, 6.07) is 11.7. The van der Waals surface area contributed by atoms with Crippen molar-refractivity contribution >= 4 is 51.0 Å². The van der Waals surface area contributed by atoms with Gasteiger partial charge in [-0.25, -0.2) is 0 Å². The molecule has 0 amide bonds. The van der Waals surface area contributed by atoms with Crippen LogP contribution < -0.4 is 4.18 Å². The number of benzene rings is 2. The fraction of sp³-hybridized carbons (Fsp3) is 0. The van der Waals surface area contributed by atoms with Gasteiger partial charge in [0.05, 0.1) is 15.1 Å². The van der Waals surface area contributed by atoms with Gasteiger partial charge >= 0.3 is 10.1 Å². The van der Waals surface area contributed by atoms with Gasteiger partial charge in [0.25, 0.3) is 0 Å². The number of hydrogen-bond acceptors (Lipinski definition) is 5. The number of hydrogen-bond donors (Lipinski definition) is 0. The van der Waals surface area contributed by atoms with Crippen molar-refractivity contribution in [3.05, 3.63) is 62.6 Å². The van der Waals surface area contributed by atoms with Crippen LogP contribution in [-0.2, 0) is 10.1 Å². The van der Waals surface area contributed by atoms with E-state index in [1.165, 1.54) is 30.3 Å². The Balaban J connectivity index is 2.51. The second kappa shape index (κ2) is 7.77. The molecule has 0 heterocycles. The lowest BCUT2D eigenvalue weighted by molar-refractivity contribution is 0.485. The Morgan fingerprint density at radius 1 is 1.00 bits per heavy atom. The average molecular weight is 414 g/mol. The molecule has 0 spiro atoms. The summed E-state index contributed by atoms with van der Waals surface area (Å²) >= 11 is 17.6. The van der Waals surface area contributed by atoms with Crippen molar-refractivity contribution < 1.29 is 12.6 Å². The van der Waals surface area contributed by atoms with Crippen LogP contribution >= 0.6 is 34.8 Å². The summed E-state index contributed by atoms with van der Waals surface area (Å²) in [4.78, 5) is -0.358. The highest BCUT2D eigenvalue weighted by molar-refractivity contribution is 7.87. The summed E-state index contributed by atoms with van der Waals surface area (Å²) in [5, 5.41) is 17.6. The summed E-state index contributed by atoms with van der Waals surface area (Å²) in [7, 11) is -4.33. The van der Waals surface area contributed by atoms with Gasteiger partial charge in [-0.3, -0.25) is 0 Å². The molecule has 9 heteroatoms. The van der Waals surface area contributed by atoms with Crippen LogP contribution in [0.3, 0.4) is 0 Å². The Kier molecular flexibility index (Phi) is 5.94. The van der Waals surface area contributed by atoms with Crippen LogP contribution in [0.2, 0.25) is 15.1 Å². The van der Waals surface area contributed by atoms with Crippen LogP contribution in [0.25, 0.3) is 6.08 Å². The normalized spacial score (nSPS) is 10.4. The highest BCUT2D eigenvalue weighted by Crippen LogP contribution is 2.33. The van der Waals surface area contributed by atoms with E-state index >= 15 is 0 Å². The largest absolute Gasteiger partial charge is 0.378 e. The van der Waals surface area contributed by atoms with Crippen molar-refractivity contribution in [3.8, 4) is 17.9 Å². The molecule has 25 heavy (non-hydrogen) atoms. The van der Waals surface area contributed by atoms with Gasteiger partial charge in [0.1, 0.15) is 28.4 Å². The third-order valence-corrected chi connectivity index (χ3v) is 5.33. The summed E-state index contributed by atoms with van der Waals surface area (Å²) in [5.74, 6) is -0.0763. The molecule has 0 aliphatic heterocycles. The van der Waals surface area contributed by atoms with Gasteiger partial charge in [0.15, 0.2) is 0 Å². The molecular weight excluding hydrogens is 407 g/mol. The Bertz CT molecular complexity index is 1040. The van der Waals surface area contributed by atoms with E-state index < -0.39 is 10.1 Å². The summed E-state index contributed by atoms with van der Waals surface area (Å²) < 4.78 is 30.1. The maximum absolute atomic E-state index is 12.5. The standard InChI is InChI=1S/C16H7Cl3N2O3S/c17-12-6-14(19)16(7-13(12)18)25(22,23)24-15-4-2-1-3-11(15)5-10(8-20)9-21/h1-7H. The molecule has 0 N–H and O–H groups in total. The first-order chi connectivity index (χ1) is 11.8. The predicted octanol–water partition coefficient (Wildman–Crippen LogP) is 4.85. The van der Waals surface area contributed by atoms with Crippen molar-refractivity contribution in [3.63, 3.8) is 0 Å². The van der Waals surface area contributed by atoms with Gasteiger partial charge in [-0.05, 0) is 24.3 Å². The van der Waals surface area contributed by atoms with Crippen molar-refractivity contribution in [1.82, 2.24) is 0 Å². The van der Waals surface area contributed by atoms with Gasteiger partial charge in [-0.2, -0.15) is 18.9 Å². The third-order valence-electron chi connectivity index (χ3n) is 2.90. The fourth-order valence-electron chi connectivity index (χ4n) is 1.78. The smallest absolute Gasteiger partial charge is 0.340 e. The molecule has 126 valence electrons. The van der Waals surface area contributed by atoms with Crippen LogP contribution in [-0.4, -0.2) is 8.42 Å². The molecule has 0 aromatic heterocycles. The Hall–Kier alpha value is -2.22. The lowest BCUT2D eigenvalue weighted by Gasteiger charge is -2.11. The minimum Gasteiger partial charge on any atom is -0.378 e. The number of rotatable bonds is 4. The second-order valence-electron chi connectivity index (χ2n) is 4.55. The van der Waals surface area contributed by atoms with Crippen molar-refractivity contribution in [1.29, 1.82) is 10.5 Å². The van der Waals surface area contributed by atoms with Crippen LogP contribution in [0.5, 0.6) is 5.75 Å². The van der Waals surface area contributed by atoms with Gasteiger partial charge in [0, 0.05) is 5.56 Å². The van der Waals surface area contributed by atoms with Gasteiger partial charge in [0.2, 0.25) is 0 Å². The maximum atomic E-state index is 12.5. The molecule has 0 aliphatic rings. The van der Waals surface area contributed by atoms with Gasteiger partial charge in [-0.1, -0.05) is 53.0 Å². The molecule has 0 radical (unpaired) electrons. The molecule has 2 aromatic carbocycles. The lowest BCUT2D eigenvalue weighted by Crippen LogP contribution is -2.11. The summed E-state index contributed by atoms with van der Waals surface area (Å²) in [6.45, 7) is 0. The van der Waals surface area contributed by atoms with Crippen molar-refractivity contribution in [2.24, 2.45) is 0 Å². The SMILES string of the molecule is N#CC(C#N)=Cc1ccccc1OS(=O)(=O)c1cc(Cl)c(Cl)cc1Cl. The molecule has 0 aliphatic carbocycles. The molecule has 0 atom stereocenters. The van der Waals surface area contributed by atoms with E-state index in [2.05, 4.69) is 0 Å². The zero-order valence-electron chi connectivity index (χ0n) is 12.2. The summed E-state index contributed by atoms with van der Waals surface area (Å²) in [5.41, 5.74) is 0.0291. The van der Waals surface area contributed by atoms with E-state index in [9.17, 15) is 8.42 Å². The van der Waals surface area contributed by atoms with E-state index in [4.69, 9.17) is 49.5 Å². The Labute approximate surface area is 159 Å². The van der Waals surface area contributed by atoms with E-state index in [-0.39, 0.29) is 36.8 Å². The zero-order valence-corrected chi connectivity index (χ0v) is 15.3. The monoisotopic (exact) mass is 412 g/mol. The van der Waals surface area contributed by atoms with Crippen LogP contribution in [0.4, 0.5) is 0 Å². The third kappa shape index (κ3) is 4.45. The number of nitrogens with zero attached hydrogens (tertiary/aromatic N) is 2. The van der Waals surface area contributed by atoms with Crippen molar-refractivity contribution in [2.45, 2.75) is 4.90 Å². The Morgan fingerprint density at radius 2 is 1.60 bits per heavy atom. The highest BCUT2D eigenvalue weighted by atomic mass is 35.5. The fourth-order valence-corrected chi connectivity index (χ4v) is 3.71. The minimum absolute atomic E-state index is 0.00216. The molecule has 5 nitrogen and oxygen atoms in total. The molecule has 0 saturated heterocycles. The first-order valence-electron chi connectivity index (χ1n) is 6.48. The second-order valence-corrected chi connectivity index (χ2v) is 7.29. The number of nitriles is 2. The molecule has 2 aromatic rings. The number of allylic oxidation sites excluding steroid dienone is 1. The predicted molar refractivity (Wildman–Crippen MR) is 94.9 cm³/mol. The molecule has 0 saturated carbocycles. The van der Waals surface area contributed by atoms with E-state index in [0.29, 0.717) is 0 Å². The highest BCUT2D eigenvalue weighted by Gasteiger charge is 2.23. The number of halogens is 3. The first kappa shape index (κ1) is 19.1. The maximum Gasteiger partial charge on any atom is 0.340 e. The number of para-hydroxylation sites is 1. The van der Waals surface area contributed by atoms with E-state index in [1.54, 1.807) is 18.2 Å². The minimum atomic E-state index is -4.33. The lowest BCUT2D eigenvalue weighted by atomic mass is 10.1. The van der Waals surface area contributed by atoms with Gasteiger partial charge < -0.3 is 4.18 Å². The van der Waals surface area contributed by atoms with Crippen molar-refractivity contribution in [2.75, 3.05) is 0 Å². The van der Waals surface area contributed by atoms with E-state index in [0.717, 1.165) is 6.07 Å².